The van der Waals surface area contributed by atoms with Crippen LogP contribution < -0.4 is 15.0 Å². The SMILES string of the molecule is COc1ccccc1N1CC[N+](C)(CCCNc2ncccc2C(=O)N(C)C)CC1. The second kappa shape index (κ2) is 9.80. The zero-order valence-corrected chi connectivity index (χ0v) is 18.6. The smallest absolute Gasteiger partial charge is 0.257 e. The van der Waals surface area contributed by atoms with Crippen LogP contribution in [0.1, 0.15) is 16.8 Å². The lowest BCUT2D eigenvalue weighted by atomic mass is 10.2. The largest absolute Gasteiger partial charge is 0.495 e. The molecule has 0 spiro atoms. The Labute approximate surface area is 179 Å². The number of carbonyl (C=O) groups is 1. The van der Waals surface area contributed by atoms with Gasteiger partial charge in [-0.1, -0.05) is 12.1 Å². The molecule has 1 amide bonds. The molecular formula is C23H34N5O2+. The zero-order chi connectivity index (χ0) is 21.6. The van der Waals surface area contributed by atoms with Gasteiger partial charge in [0, 0.05) is 33.3 Å². The molecule has 0 saturated carbocycles. The van der Waals surface area contributed by atoms with Crippen molar-refractivity contribution in [2.75, 3.05) is 77.7 Å². The first-order valence-electron chi connectivity index (χ1n) is 10.6. The average molecular weight is 413 g/mol. The fourth-order valence-electron chi connectivity index (χ4n) is 3.93. The van der Waals surface area contributed by atoms with Crippen molar-refractivity contribution in [3.8, 4) is 5.75 Å². The molecule has 7 nitrogen and oxygen atoms in total. The number of piperazine rings is 1. The first-order valence-corrected chi connectivity index (χ1v) is 10.6. The summed E-state index contributed by atoms with van der Waals surface area (Å²) < 4.78 is 6.58. The summed E-state index contributed by atoms with van der Waals surface area (Å²) in [6.45, 7) is 6.14. The number of amides is 1. The standard InChI is InChI=1S/C23H33N5O2/c1-26(2)23(29)19-9-7-12-24-22(19)25-13-8-16-28(3)17-14-27(15-18-28)20-10-5-6-11-21(20)30-4/h5-7,9-12H,8,13-18H2,1-4H3/p+1. The molecule has 7 heteroatoms. The van der Waals surface area contributed by atoms with Crippen molar-refractivity contribution in [2.24, 2.45) is 0 Å². The highest BCUT2D eigenvalue weighted by Crippen LogP contribution is 2.29. The monoisotopic (exact) mass is 412 g/mol. The first kappa shape index (κ1) is 21.9. The molecule has 162 valence electrons. The number of anilines is 2. The Kier molecular flexibility index (Phi) is 7.15. The van der Waals surface area contributed by atoms with Gasteiger partial charge in [0.1, 0.15) is 11.6 Å². The van der Waals surface area contributed by atoms with Crippen LogP contribution in [-0.4, -0.2) is 87.8 Å². The number of ether oxygens (including phenoxy) is 1. The number of nitrogens with zero attached hydrogens (tertiary/aromatic N) is 4. The summed E-state index contributed by atoms with van der Waals surface area (Å²) in [5.41, 5.74) is 1.80. The molecule has 1 N–H and O–H groups in total. The van der Waals surface area contributed by atoms with Crippen LogP contribution in [-0.2, 0) is 0 Å². The van der Waals surface area contributed by atoms with Gasteiger partial charge >= 0.3 is 0 Å². The van der Waals surface area contributed by atoms with E-state index in [9.17, 15) is 4.79 Å². The van der Waals surface area contributed by atoms with Crippen molar-refractivity contribution in [3.63, 3.8) is 0 Å². The van der Waals surface area contributed by atoms with Crippen molar-refractivity contribution in [1.29, 1.82) is 0 Å². The highest BCUT2D eigenvalue weighted by Gasteiger charge is 2.29. The molecule has 0 bridgehead atoms. The Morgan fingerprint density at radius 2 is 1.93 bits per heavy atom. The lowest BCUT2D eigenvalue weighted by Crippen LogP contribution is -2.57. The van der Waals surface area contributed by atoms with Crippen LogP contribution in [0.15, 0.2) is 42.6 Å². The number of benzene rings is 1. The van der Waals surface area contributed by atoms with E-state index in [2.05, 4.69) is 34.4 Å². The summed E-state index contributed by atoms with van der Waals surface area (Å²) in [7, 11) is 7.58. The molecule has 1 aromatic heterocycles. The third-order valence-electron chi connectivity index (χ3n) is 5.86. The maximum atomic E-state index is 12.3. The minimum Gasteiger partial charge on any atom is -0.495 e. The van der Waals surface area contributed by atoms with E-state index in [-0.39, 0.29) is 5.91 Å². The van der Waals surface area contributed by atoms with Crippen LogP contribution >= 0.6 is 0 Å². The Hall–Kier alpha value is -2.80. The Balaban J connectivity index is 1.49. The van der Waals surface area contributed by atoms with Gasteiger partial charge in [0.25, 0.3) is 5.91 Å². The van der Waals surface area contributed by atoms with E-state index in [1.54, 1.807) is 38.4 Å². The number of aromatic nitrogens is 1. The minimum absolute atomic E-state index is 0.0305. The number of pyridine rings is 1. The van der Waals surface area contributed by atoms with Crippen LogP contribution in [0.4, 0.5) is 11.5 Å². The summed E-state index contributed by atoms with van der Waals surface area (Å²) >= 11 is 0. The van der Waals surface area contributed by atoms with Crippen LogP contribution in [0, 0.1) is 0 Å². The van der Waals surface area contributed by atoms with E-state index in [1.807, 2.05) is 18.2 Å². The second-order valence-electron chi connectivity index (χ2n) is 8.33. The Morgan fingerprint density at radius 3 is 2.63 bits per heavy atom. The lowest BCUT2D eigenvalue weighted by Gasteiger charge is -2.43. The maximum absolute atomic E-state index is 12.3. The highest BCUT2D eigenvalue weighted by atomic mass is 16.5. The molecule has 3 rings (SSSR count). The fourth-order valence-corrected chi connectivity index (χ4v) is 3.93. The zero-order valence-electron chi connectivity index (χ0n) is 18.6. The van der Waals surface area contributed by atoms with Gasteiger partial charge in [-0.3, -0.25) is 4.79 Å². The van der Waals surface area contributed by atoms with Gasteiger partial charge in [-0.15, -0.1) is 0 Å². The molecule has 0 radical (unpaired) electrons. The highest BCUT2D eigenvalue weighted by molar-refractivity contribution is 5.98. The van der Waals surface area contributed by atoms with E-state index in [4.69, 9.17) is 4.74 Å². The fraction of sp³-hybridized carbons (Fsp3) is 0.478. The third-order valence-corrected chi connectivity index (χ3v) is 5.86. The number of quaternary nitrogens is 1. The predicted octanol–water partition coefficient (Wildman–Crippen LogP) is 2.56. The minimum atomic E-state index is -0.0305. The van der Waals surface area contributed by atoms with Crippen molar-refractivity contribution in [2.45, 2.75) is 6.42 Å². The average Bonchev–Trinajstić information content (AvgIpc) is 2.77. The van der Waals surface area contributed by atoms with Crippen molar-refractivity contribution >= 4 is 17.4 Å². The summed E-state index contributed by atoms with van der Waals surface area (Å²) in [4.78, 5) is 20.7. The molecule has 1 saturated heterocycles. The van der Waals surface area contributed by atoms with Crippen LogP contribution in [0.5, 0.6) is 5.75 Å². The Bertz CT molecular complexity index is 847. The number of para-hydroxylation sites is 2. The normalized spacial score (nSPS) is 15.5. The maximum Gasteiger partial charge on any atom is 0.257 e. The first-order chi connectivity index (χ1) is 14.4. The van der Waals surface area contributed by atoms with E-state index < -0.39 is 0 Å². The molecule has 1 aliphatic heterocycles. The molecule has 1 fully saturated rings. The molecule has 0 aliphatic carbocycles. The number of hydrogen-bond donors (Lipinski definition) is 1. The molecule has 1 aromatic carbocycles. The number of methoxy groups -OCH3 is 1. The van der Waals surface area contributed by atoms with E-state index in [1.165, 1.54) is 5.69 Å². The van der Waals surface area contributed by atoms with E-state index in [0.717, 1.165) is 55.9 Å². The van der Waals surface area contributed by atoms with E-state index in [0.29, 0.717) is 11.4 Å². The van der Waals surface area contributed by atoms with Crippen LogP contribution in [0.2, 0.25) is 0 Å². The number of hydrogen-bond acceptors (Lipinski definition) is 5. The molecule has 2 heterocycles. The predicted molar refractivity (Wildman–Crippen MR) is 121 cm³/mol. The quantitative estimate of drug-likeness (QED) is 0.533. The third kappa shape index (κ3) is 5.21. The van der Waals surface area contributed by atoms with Crippen LogP contribution in [0.3, 0.4) is 0 Å². The summed E-state index contributed by atoms with van der Waals surface area (Å²) in [5, 5.41) is 3.36. The second-order valence-corrected chi connectivity index (χ2v) is 8.33. The van der Waals surface area contributed by atoms with Gasteiger partial charge < -0.3 is 24.3 Å². The van der Waals surface area contributed by atoms with Crippen molar-refractivity contribution in [3.05, 3.63) is 48.2 Å². The molecule has 1 aliphatic rings. The Morgan fingerprint density at radius 1 is 1.20 bits per heavy atom. The summed E-state index contributed by atoms with van der Waals surface area (Å²) in [5.74, 6) is 1.58. The van der Waals surface area contributed by atoms with Gasteiger partial charge in [-0.25, -0.2) is 4.98 Å². The molecule has 0 atom stereocenters. The van der Waals surface area contributed by atoms with Gasteiger partial charge in [0.2, 0.25) is 0 Å². The van der Waals surface area contributed by atoms with Gasteiger partial charge in [0.05, 0.1) is 58.1 Å². The summed E-state index contributed by atoms with van der Waals surface area (Å²) in [6, 6.07) is 11.9. The molecule has 30 heavy (non-hydrogen) atoms. The van der Waals surface area contributed by atoms with Gasteiger partial charge in [-0.2, -0.15) is 0 Å². The lowest BCUT2D eigenvalue weighted by molar-refractivity contribution is -0.910. The molecule has 2 aromatic rings. The number of carbonyl (C=O) groups excluding carboxylic acids is 1. The van der Waals surface area contributed by atoms with Crippen molar-refractivity contribution in [1.82, 2.24) is 9.88 Å². The van der Waals surface area contributed by atoms with Gasteiger partial charge in [0.15, 0.2) is 0 Å². The van der Waals surface area contributed by atoms with Crippen LogP contribution in [0.25, 0.3) is 0 Å². The number of nitrogens with one attached hydrogen (secondary N) is 1. The molecule has 0 unspecified atom stereocenters. The molecular weight excluding hydrogens is 378 g/mol. The van der Waals surface area contributed by atoms with E-state index >= 15 is 0 Å². The number of likely N-dealkylation sites (N-methyl/N-ethyl adjacent to an activating group) is 1. The topological polar surface area (TPSA) is 57.7 Å². The van der Waals surface area contributed by atoms with Gasteiger partial charge in [-0.05, 0) is 24.3 Å². The number of rotatable bonds is 8. The summed E-state index contributed by atoms with van der Waals surface area (Å²) in [6.07, 6.45) is 2.75. The van der Waals surface area contributed by atoms with Crippen molar-refractivity contribution < 1.29 is 14.0 Å².